The number of hydrogen-bond acceptors (Lipinski definition) is 4. The van der Waals surface area contributed by atoms with E-state index in [1.807, 2.05) is 61.7 Å². The number of urea groups is 1. The van der Waals surface area contributed by atoms with Crippen LogP contribution in [0.15, 0.2) is 77.8 Å². The molecule has 0 spiro atoms. The standard InChI is InChI=1S/C34H34Cl2FN5O3S/c1-2-38-33(45)41-14-12-40(13-15-41)30(43)18-34(46-24-6-4-3-5-7-24)19-31(44)42(21-22-8-11-27(36)28(37)16-22)32(34)26-20-39-29-17-23(35)9-10-25(26)29/h3-11,16-17,20,32,39H,2,12-15,18-19,21H2,1H3,(H,38,45). The SMILES string of the molecule is CCNC(=O)N1CCN(C(=O)CC2(Sc3ccccc3)CC(=O)N(Cc3ccc(Cl)c(F)c3)C2c2c[nH]c3cc(Cl)ccc23)CC1. The summed E-state index contributed by atoms with van der Waals surface area (Å²) in [6.45, 7) is 4.20. The van der Waals surface area contributed by atoms with Crippen LogP contribution in [0.3, 0.4) is 0 Å². The summed E-state index contributed by atoms with van der Waals surface area (Å²) in [6, 6.07) is 19.2. The smallest absolute Gasteiger partial charge is 0.317 e. The lowest BCUT2D eigenvalue weighted by Gasteiger charge is -2.40. The Morgan fingerprint density at radius 2 is 1.76 bits per heavy atom. The summed E-state index contributed by atoms with van der Waals surface area (Å²) in [6.07, 6.45) is 2.06. The van der Waals surface area contributed by atoms with Crippen LogP contribution in [-0.2, 0) is 16.1 Å². The summed E-state index contributed by atoms with van der Waals surface area (Å²) in [7, 11) is 0. The van der Waals surface area contributed by atoms with Gasteiger partial charge in [-0.3, -0.25) is 9.59 Å². The van der Waals surface area contributed by atoms with E-state index in [4.69, 9.17) is 23.2 Å². The normalized spacial score (nSPS) is 20.0. The van der Waals surface area contributed by atoms with Crippen LogP contribution in [0.5, 0.6) is 0 Å². The predicted molar refractivity (Wildman–Crippen MR) is 179 cm³/mol. The van der Waals surface area contributed by atoms with Gasteiger partial charge in [-0.25, -0.2) is 9.18 Å². The molecule has 2 aliphatic rings. The molecule has 2 N–H and O–H groups in total. The molecule has 3 aromatic carbocycles. The molecule has 4 amide bonds. The molecule has 0 saturated carbocycles. The first-order valence-electron chi connectivity index (χ1n) is 15.2. The largest absolute Gasteiger partial charge is 0.361 e. The minimum Gasteiger partial charge on any atom is -0.361 e. The molecule has 0 aliphatic carbocycles. The lowest BCUT2D eigenvalue weighted by molar-refractivity contribution is -0.133. The zero-order chi connectivity index (χ0) is 32.4. The van der Waals surface area contributed by atoms with Gasteiger partial charge in [0.1, 0.15) is 5.82 Å². The van der Waals surface area contributed by atoms with E-state index in [1.165, 1.54) is 23.9 Å². The van der Waals surface area contributed by atoms with Crippen molar-refractivity contribution in [3.63, 3.8) is 0 Å². The minimum absolute atomic E-state index is 0.00778. The van der Waals surface area contributed by atoms with Crippen molar-refractivity contribution in [2.75, 3.05) is 32.7 Å². The van der Waals surface area contributed by atoms with Crippen molar-refractivity contribution in [2.45, 2.75) is 42.0 Å². The highest BCUT2D eigenvalue weighted by molar-refractivity contribution is 8.00. The number of halogens is 3. The molecule has 6 rings (SSSR count). The molecule has 8 nitrogen and oxygen atoms in total. The van der Waals surface area contributed by atoms with Crippen molar-refractivity contribution in [3.05, 3.63) is 99.9 Å². The van der Waals surface area contributed by atoms with Gasteiger partial charge in [-0.15, -0.1) is 11.8 Å². The Morgan fingerprint density at radius 3 is 2.48 bits per heavy atom. The van der Waals surface area contributed by atoms with Crippen LogP contribution >= 0.6 is 35.0 Å². The second-order valence-electron chi connectivity index (χ2n) is 11.6. The van der Waals surface area contributed by atoms with Gasteiger partial charge in [-0.05, 0) is 48.9 Å². The van der Waals surface area contributed by atoms with Gasteiger partial charge in [0, 0.05) is 84.7 Å². The molecular formula is C34H34Cl2FN5O3S. The number of hydrogen-bond donors (Lipinski definition) is 2. The van der Waals surface area contributed by atoms with Crippen molar-refractivity contribution in [1.29, 1.82) is 0 Å². The molecule has 2 unspecified atom stereocenters. The molecular weight excluding hydrogens is 648 g/mol. The third-order valence-corrected chi connectivity index (χ3v) is 10.6. The third kappa shape index (κ3) is 6.56. The molecule has 2 aliphatic heterocycles. The highest BCUT2D eigenvalue weighted by Gasteiger charge is 2.55. The number of rotatable bonds is 8. The molecule has 2 fully saturated rings. The topological polar surface area (TPSA) is 88.8 Å². The quantitative estimate of drug-likeness (QED) is 0.212. The van der Waals surface area contributed by atoms with Crippen molar-refractivity contribution in [1.82, 2.24) is 25.0 Å². The number of carbonyl (C=O) groups excluding carboxylic acids is 3. The number of benzene rings is 3. The van der Waals surface area contributed by atoms with Crippen LogP contribution in [0.2, 0.25) is 10.0 Å². The summed E-state index contributed by atoms with van der Waals surface area (Å²) >= 11 is 13.8. The molecule has 46 heavy (non-hydrogen) atoms. The summed E-state index contributed by atoms with van der Waals surface area (Å²) in [5.74, 6) is -0.782. The molecule has 4 aromatic rings. The van der Waals surface area contributed by atoms with Crippen LogP contribution in [0.1, 0.15) is 36.9 Å². The number of piperazine rings is 1. The molecule has 1 aromatic heterocycles. The predicted octanol–water partition coefficient (Wildman–Crippen LogP) is 6.88. The average molecular weight is 683 g/mol. The first-order valence-corrected chi connectivity index (χ1v) is 16.8. The van der Waals surface area contributed by atoms with Crippen LogP contribution < -0.4 is 5.32 Å². The lowest BCUT2D eigenvalue weighted by Crippen LogP contribution is -2.54. The van der Waals surface area contributed by atoms with E-state index >= 15 is 0 Å². The second kappa shape index (κ2) is 13.6. The van der Waals surface area contributed by atoms with Crippen LogP contribution in [0, 0.1) is 5.82 Å². The highest BCUT2D eigenvalue weighted by atomic mass is 35.5. The summed E-state index contributed by atoms with van der Waals surface area (Å²) < 4.78 is 13.7. The number of fused-ring (bicyclic) bond motifs is 1. The molecule has 2 saturated heterocycles. The second-order valence-corrected chi connectivity index (χ2v) is 14.0. The summed E-state index contributed by atoms with van der Waals surface area (Å²) in [5.41, 5.74) is 2.26. The number of amides is 4. The van der Waals surface area contributed by atoms with Gasteiger partial charge < -0.3 is 25.0 Å². The number of likely N-dealkylation sites (tertiary alicyclic amines) is 1. The molecule has 240 valence electrons. The Bertz CT molecular complexity index is 1760. The number of aromatic amines is 1. The van der Waals surface area contributed by atoms with E-state index < -0.39 is 16.6 Å². The summed E-state index contributed by atoms with van der Waals surface area (Å²) in [4.78, 5) is 50.3. The Kier molecular flexibility index (Phi) is 9.49. The average Bonchev–Trinajstić information content (AvgIpc) is 3.56. The van der Waals surface area contributed by atoms with Gasteiger partial charge >= 0.3 is 6.03 Å². The number of carbonyl (C=O) groups is 3. The zero-order valence-corrected chi connectivity index (χ0v) is 27.6. The minimum atomic E-state index is -0.911. The monoisotopic (exact) mass is 681 g/mol. The molecule has 0 radical (unpaired) electrons. The number of nitrogens with one attached hydrogen (secondary N) is 2. The molecule has 2 atom stereocenters. The van der Waals surface area contributed by atoms with Crippen molar-refractivity contribution in [3.8, 4) is 0 Å². The fourth-order valence-corrected chi connectivity index (χ4v) is 8.30. The maximum absolute atomic E-state index is 14.6. The maximum Gasteiger partial charge on any atom is 0.317 e. The Morgan fingerprint density at radius 1 is 1.02 bits per heavy atom. The first-order chi connectivity index (χ1) is 22.2. The van der Waals surface area contributed by atoms with Gasteiger partial charge in [0.05, 0.1) is 15.8 Å². The third-order valence-electron chi connectivity index (χ3n) is 8.65. The maximum atomic E-state index is 14.6. The first kappa shape index (κ1) is 32.2. The number of thioether (sulfide) groups is 1. The Balaban J connectivity index is 1.41. The van der Waals surface area contributed by atoms with E-state index in [-0.39, 0.29) is 42.3 Å². The lowest BCUT2D eigenvalue weighted by atomic mass is 9.88. The van der Waals surface area contributed by atoms with Crippen molar-refractivity contribution >= 4 is 63.7 Å². The number of H-pyrrole nitrogens is 1. The van der Waals surface area contributed by atoms with E-state index in [0.717, 1.165) is 21.4 Å². The van der Waals surface area contributed by atoms with E-state index in [0.29, 0.717) is 43.3 Å². The van der Waals surface area contributed by atoms with Crippen LogP contribution in [-0.4, -0.2) is 75.0 Å². The fraction of sp³-hybridized carbons (Fsp3) is 0.324. The molecule has 0 bridgehead atoms. The molecule has 3 heterocycles. The van der Waals surface area contributed by atoms with Crippen LogP contribution in [0.4, 0.5) is 9.18 Å². The van der Waals surface area contributed by atoms with E-state index in [2.05, 4.69) is 10.3 Å². The van der Waals surface area contributed by atoms with Gasteiger partial charge in [0.15, 0.2) is 0 Å². The molecule has 12 heteroatoms. The van der Waals surface area contributed by atoms with Gasteiger partial charge in [0.25, 0.3) is 0 Å². The van der Waals surface area contributed by atoms with Gasteiger partial charge in [0.2, 0.25) is 11.8 Å². The number of aromatic nitrogens is 1. The highest BCUT2D eigenvalue weighted by Crippen LogP contribution is 2.56. The fourth-order valence-electron chi connectivity index (χ4n) is 6.49. The summed E-state index contributed by atoms with van der Waals surface area (Å²) in [5, 5.41) is 4.29. The van der Waals surface area contributed by atoms with Gasteiger partial charge in [-0.2, -0.15) is 0 Å². The van der Waals surface area contributed by atoms with E-state index in [1.54, 1.807) is 20.8 Å². The van der Waals surface area contributed by atoms with E-state index in [9.17, 15) is 18.8 Å². The van der Waals surface area contributed by atoms with Crippen molar-refractivity contribution in [2.24, 2.45) is 0 Å². The Hall–Kier alpha value is -3.73. The van der Waals surface area contributed by atoms with Gasteiger partial charge in [-0.1, -0.05) is 53.5 Å². The van der Waals surface area contributed by atoms with Crippen LogP contribution in [0.25, 0.3) is 10.9 Å². The number of nitrogens with zero attached hydrogens (tertiary/aromatic N) is 3. The zero-order valence-electron chi connectivity index (χ0n) is 25.3. The van der Waals surface area contributed by atoms with Crippen molar-refractivity contribution < 1.29 is 18.8 Å². The Labute approximate surface area is 281 Å².